The molecule has 96 valence electrons. The van der Waals surface area contributed by atoms with Crippen molar-refractivity contribution in [3.8, 4) is 0 Å². The van der Waals surface area contributed by atoms with Crippen molar-refractivity contribution >= 4 is 27.4 Å². The lowest BCUT2D eigenvalue weighted by Gasteiger charge is -2.10. The van der Waals surface area contributed by atoms with Crippen LogP contribution in [0.2, 0.25) is 0 Å². The monoisotopic (exact) mass is 319 g/mol. The fourth-order valence-corrected chi connectivity index (χ4v) is 2.77. The zero-order chi connectivity index (χ0) is 13.4. The van der Waals surface area contributed by atoms with Crippen molar-refractivity contribution in [3.63, 3.8) is 0 Å². The number of para-hydroxylation sites is 1. The standard InChI is InChI=1S/C15H11BrFNO/c16-12-6-3-5-10(14(12)17)15(19)11-8-18-13-7-2-1-4-9(11)13/h1-7,11,18H,8H2. The van der Waals surface area contributed by atoms with Crippen molar-refractivity contribution in [2.45, 2.75) is 5.92 Å². The SMILES string of the molecule is O=C(c1cccc(Br)c1F)C1CNc2ccccc21. The molecule has 1 heterocycles. The van der Waals surface area contributed by atoms with Gasteiger partial charge in [0.1, 0.15) is 5.82 Å². The number of hydrogen-bond acceptors (Lipinski definition) is 2. The number of Topliss-reactive ketones (excluding diaryl/α,β-unsaturated/α-hetero) is 1. The van der Waals surface area contributed by atoms with Gasteiger partial charge in [-0.2, -0.15) is 0 Å². The van der Waals surface area contributed by atoms with Crippen LogP contribution >= 0.6 is 15.9 Å². The van der Waals surface area contributed by atoms with Crippen molar-refractivity contribution in [2.24, 2.45) is 0 Å². The molecule has 2 nitrogen and oxygen atoms in total. The summed E-state index contributed by atoms with van der Waals surface area (Å²) in [7, 11) is 0. The maximum atomic E-state index is 14.0. The predicted molar refractivity (Wildman–Crippen MR) is 76.1 cm³/mol. The minimum atomic E-state index is -0.489. The first-order valence-corrected chi connectivity index (χ1v) is 6.79. The van der Waals surface area contributed by atoms with Gasteiger partial charge in [-0.05, 0) is 39.7 Å². The summed E-state index contributed by atoms with van der Waals surface area (Å²) in [6.07, 6.45) is 0. The molecule has 2 aromatic carbocycles. The van der Waals surface area contributed by atoms with Crippen LogP contribution in [0.5, 0.6) is 0 Å². The van der Waals surface area contributed by atoms with Crippen LogP contribution in [0.1, 0.15) is 21.8 Å². The van der Waals surface area contributed by atoms with E-state index in [2.05, 4.69) is 21.2 Å². The summed E-state index contributed by atoms with van der Waals surface area (Å²) >= 11 is 3.11. The number of hydrogen-bond donors (Lipinski definition) is 1. The molecule has 1 aliphatic rings. The van der Waals surface area contributed by atoms with Crippen LogP contribution in [0.3, 0.4) is 0 Å². The van der Waals surface area contributed by atoms with E-state index in [0.29, 0.717) is 11.0 Å². The largest absolute Gasteiger partial charge is 0.384 e. The van der Waals surface area contributed by atoms with Crippen molar-refractivity contribution in [2.75, 3.05) is 11.9 Å². The van der Waals surface area contributed by atoms with Gasteiger partial charge < -0.3 is 5.32 Å². The van der Waals surface area contributed by atoms with E-state index >= 15 is 0 Å². The molecule has 0 bridgehead atoms. The number of benzene rings is 2. The van der Waals surface area contributed by atoms with E-state index in [4.69, 9.17) is 0 Å². The molecule has 2 aromatic rings. The van der Waals surface area contributed by atoms with Crippen LogP contribution in [0.25, 0.3) is 0 Å². The third-order valence-corrected chi connectivity index (χ3v) is 3.98. The van der Waals surface area contributed by atoms with Gasteiger partial charge in [0.05, 0.1) is 16.0 Å². The van der Waals surface area contributed by atoms with Gasteiger partial charge in [-0.15, -0.1) is 0 Å². The van der Waals surface area contributed by atoms with Gasteiger partial charge in [0.25, 0.3) is 0 Å². The first kappa shape index (κ1) is 12.4. The molecule has 0 aliphatic carbocycles. The fourth-order valence-electron chi connectivity index (χ4n) is 2.40. The number of halogens is 2. The molecule has 19 heavy (non-hydrogen) atoms. The van der Waals surface area contributed by atoms with Gasteiger partial charge in [0.15, 0.2) is 5.78 Å². The Kier molecular flexibility index (Phi) is 3.11. The van der Waals surface area contributed by atoms with Crippen LogP contribution in [0, 0.1) is 5.82 Å². The average molecular weight is 320 g/mol. The molecule has 4 heteroatoms. The second kappa shape index (κ2) is 4.78. The van der Waals surface area contributed by atoms with Gasteiger partial charge in [0.2, 0.25) is 0 Å². The highest BCUT2D eigenvalue weighted by Crippen LogP contribution is 2.34. The van der Waals surface area contributed by atoms with E-state index in [-0.39, 0.29) is 17.3 Å². The summed E-state index contributed by atoms with van der Waals surface area (Å²) < 4.78 is 14.3. The lowest BCUT2D eigenvalue weighted by atomic mass is 9.92. The van der Waals surface area contributed by atoms with Crippen LogP contribution in [0.15, 0.2) is 46.9 Å². The number of carbonyl (C=O) groups is 1. The first-order chi connectivity index (χ1) is 9.18. The Labute approximate surface area is 118 Å². The van der Waals surface area contributed by atoms with Gasteiger partial charge in [-0.1, -0.05) is 24.3 Å². The van der Waals surface area contributed by atoms with Crippen LogP contribution in [-0.4, -0.2) is 12.3 Å². The molecule has 3 rings (SSSR count). The summed E-state index contributed by atoms with van der Waals surface area (Å²) in [6.45, 7) is 0.518. The van der Waals surface area contributed by atoms with E-state index in [0.717, 1.165) is 11.3 Å². The third kappa shape index (κ3) is 2.06. The minimum absolute atomic E-state index is 0.137. The summed E-state index contributed by atoms with van der Waals surface area (Å²) in [5.41, 5.74) is 2.03. The van der Waals surface area contributed by atoms with E-state index in [9.17, 15) is 9.18 Å². The Bertz CT molecular complexity index is 656. The average Bonchev–Trinajstić information content (AvgIpc) is 2.85. The molecule has 0 spiro atoms. The first-order valence-electron chi connectivity index (χ1n) is 5.99. The number of anilines is 1. The van der Waals surface area contributed by atoms with Gasteiger partial charge in [-0.3, -0.25) is 4.79 Å². The summed E-state index contributed by atoms with van der Waals surface area (Å²) in [5, 5.41) is 3.18. The molecular formula is C15H11BrFNO. The summed E-state index contributed by atoms with van der Waals surface area (Å²) in [5.74, 6) is -0.992. The molecule has 0 radical (unpaired) electrons. The molecule has 1 unspecified atom stereocenters. The van der Waals surface area contributed by atoms with Crippen molar-refractivity contribution in [1.29, 1.82) is 0 Å². The van der Waals surface area contributed by atoms with Crippen molar-refractivity contribution < 1.29 is 9.18 Å². The van der Waals surface area contributed by atoms with E-state index in [1.54, 1.807) is 12.1 Å². The number of nitrogens with one attached hydrogen (secondary N) is 1. The highest BCUT2D eigenvalue weighted by Gasteiger charge is 2.30. The van der Waals surface area contributed by atoms with Crippen LogP contribution in [-0.2, 0) is 0 Å². The maximum Gasteiger partial charge on any atom is 0.175 e. The number of fused-ring (bicyclic) bond motifs is 1. The molecule has 0 saturated carbocycles. The zero-order valence-corrected chi connectivity index (χ0v) is 11.6. The molecule has 1 atom stereocenters. The topological polar surface area (TPSA) is 29.1 Å². The van der Waals surface area contributed by atoms with Crippen LogP contribution in [0.4, 0.5) is 10.1 Å². The maximum absolute atomic E-state index is 14.0. The Balaban J connectivity index is 2.00. The molecule has 0 saturated heterocycles. The van der Waals surface area contributed by atoms with E-state index < -0.39 is 5.82 Å². The molecule has 1 aliphatic heterocycles. The quantitative estimate of drug-likeness (QED) is 0.848. The number of ketones is 1. The molecule has 0 amide bonds. The fraction of sp³-hybridized carbons (Fsp3) is 0.133. The molecule has 0 aromatic heterocycles. The normalized spacial score (nSPS) is 16.8. The Hall–Kier alpha value is -1.68. The highest BCUT2D eigenvalue weighted by atomic mass is 79.9. The Morgan fingerprint density at radius 2 is 2.00 bits per heavy atom. The second-order valence-corrected chi connectivity index (χ2v) is 5.34. The van der Waals surface area contributed by atoms with Gasteiger partial charge >= 0.3 is 0 Å². The van der Waals surface area contributed by atoms with E-state index in [1.807, 2.05) is 24.3 Å². The Morgan fingerprint density at radius 3 is 2.84 bits per heavy atom. The van der Waals surface area contributed by atoms with Gasteiger partial charge in [-0.25, -0.2) is 4.39 Å². The smallest absolute Gasteiger partial charge is 0.175 e. The lowest BCUT2D eigenvalue weighted by molar-refractivity contribution is 0.0962. The number of rotatable bonds is 2. The summed E-state index contributed by atoms with van der Waals surface area (Å²) in [4.78, 5) is 12.5. The Morgan fingerprint density at radius 1 is 1.21 bits per heavy atom. The van der Waals surface area contributed by atoms with Gasteiger partial charge in [0, 0.05) is 12.2 Å². The third-order valence-electron chi connectivity index (χ3n) is 3.37. The summed E-state index contributed by atoms with van der Waals surface area (Å²) in [6, 6.07) is 12.4. The van der Waals surface area contributed by atoms with Crippen molar-refractivity contribution in [1.82, 2.24) is 0 Å². The minimum Gasteiger partial charge on any atom is -0.384 e. The van der Waals surface area contributed by atoms with Crippen molar-refractivity contribution in [3.05, 3.63) is 63.9 Å². The van der Waals surface area contributed by atoms with E-state index in [1.165, 1.54) is 6.07 Å². The molecule has 1 N–H and O–H groups in total. The highest BCUT2D eigenvalue weighted by molar-refractivity contribution is 9.10. The second-order valence-electron chi connectivity index (χ2n) is 4.49. The number of carbonyl (C=O) groups excluding carboxylic acids is 1. The van der Waals surface area contributed by atoms with Crippen LogP contribution < -0.4 is 5.32 Å². The zero-order valence-electron chi connectivity index (χ0n) is 9.99. The molecular weight excluding hydrogens is 309 g/mol. The lowest BCUT2D eigenvalue weighted by Crippen LogP contribution is -2.16. The molecule has 0 fully saturated rings. The predicted octanol–water partition coefficient (Wildman–Crippen LogP) is 3.98.